The lowest BCUT2D eigenvalue weighted by Gasteiger charge is -2.26. The van der Waals surface area contributed by atoms with E-state index in [0.29, 0.717) is 23.0 Å². The SMILES string of the molecule is COc1cc([C@H]2CC(=O)Oc3cc(O)ccc32)cc(OC)c1OC. The zero-order chi connectivity index (χ0) is 17.3. The number of hydrogen-bond donors (Lipinski definition) is 1. The van der Waals surface area contributed by atoms with Gasteiger partial charge in [0, 0.05) is 17.5 Å². The molecule has 0 aliphatic carbocycles. The molecular weight excluding hydrogens is 312 g/mol. The molecule has 0 aromatic heterocycles. The Morgan fingerprint density at radius 1 is 1.04 bits per heavy atom. The normalized spacial score (nSPS) is 16.1. The summed E-state index contributed by atoms with van der Waals surface area (Å²) in [6.45, 7) is 0. The van der Waals surface area contributed by atoms with E-state index in [1.807, 2.05) is 12.1 Å². The highest BCUT2D eigenvalue weighted by Crippen LogP contribution is 2.45. The van der Waals surface area contributed by atoms with Crippen LogP contribution < -0.4 is 18.9 Å². The number of carbonyl (C=O) groups is 1. The number of ether oxygens (including phenoxy) is 4. The van der Waals surface area contributed by atoms with Gasteiger partial charge in [-0.05, 0) is 23.8 Å². The molecule has 0 spiro atoms. The Kier molecular flexibility index (Phi) is 4.20. The molecule has 0 fully saturated rings. The highest BCUT2D eigenvalue weighted by Gasteiger charge is 2.30. The third kappa shape index (κ3) is 2.71. The average Bonchev–Trinajstić information content (AvgIpc) is 2.59. The van der Waals surface area contributed by atoms with Crippen LogP contribution in [0, 0.1) is 0 Å². The fourth-order valence-electron chi connectivity index (χ4n) is 2.94. The Hall–Kier alpha value is -2.89. The number of methoxy groups -OCH3 is 3. The molecule has 2 aromatic rings. The van der Waals surface area contributed by atoms with E-state index in [9.17, 15) is 9.90 Å². The van der Waals surface area contributed by atoms with Crippen LogP contribution in [0.4, 0.5) is 0 Å². The number of phenols is 1. The van der Waals surface area contributed by atoms with Gasteiger partial charge in [0.1, 0.15) is 11.5 Å². The minimum atomic E-state index is -0.355. The summed E-state index contributed by atoms with van der Waals surface area (Å²) >= 11 is 0. The van der Waals surface area contributed by atoms with E-state index in [1.54, 1.807) is 26.4 Å². The Labute approximate surface area is 139 Å². The van der Waals surface area contributed by atoms with Gasteiger partial charge >= 0.3 is 5.97 Å². The number of aromatic hydroxyl groups is 1. The van der Waals surface area contributed by atoms with Gasteiger partial charge in [-0.1, -0.05) is 6.07 Å². The first-order chi connectivity index (χ1) is 11.6. The summed E-state index contributed by atoms with van der Waals surface area (Å²) in [6, 6.07) is 8.41. The molecule has 1 atom stereocenters. The van der Waals surface area contributed by atoms with Crippen LogP contribution in [0.1, 0.15) is 23.5 Å². The molecule has 24 heavy (non-hydrogen) atoms. The van der Waals surface area contributed by atoms with Crippen molar-refractivity contribution in [2.75, 3.05) is 21.3 Å². The van der Waals surface area contributed by atoms with Crippen molar-refractivity contribution in [3.05, 3.63) is 41.5 Å². The van der Waals surface area contributed by atoms with Crippen molar-refractivity contribution in [3.63, 3.8) is 0 Å². The van der Waals surface area contributed by atoms with Gasteiger partial charge in [-0.25, -0.2) is 0 Å². The Bertz CT molecular complexity index is 758. The molecule has 0 amide bonds. The zero-order valence-electron chi connectivity index (χ0n) is 13.7. The molecule has 0 saturated heterocycles. The van der Waals surface area contributed by atoms with Crippen molar-refractivity contribution < 1.29 is 28.8 Å². The molecular formula is C18H18O6. The second kappa shape index (κ2) is 6.31. The molecule has 6 nitrogen and oxygen atoms in total. The van der Waals surface area contributed by atoms with Crippen LogP contribution in [0.3, 0.4) is 0 Å². The standard InChI is InChI=1S/C18H18O6/c1-21-15-6-10(7-16(22-2)18(15)23-3)13-9-17(20)24-14-8-11(19)4-5-12(13)14/h4-8,13,19H,9H2,1-3H3/t13-/m1/s1. The second-order valence-corrected chi connectivity index (χ2v) is 5.41. The van der Waals surface area contributed by atoms with Crippen molar-refractivity contribution in [3.8, 4) is 28.7 Å². The van der Waals surface area contributed by atoms with E-state index in [0.717, 1.165) is 11.1 Å². The summed E-state index contributed by atoms with van der Waals surface area (Å²) in [7, 11) is 4.63. The van der Waals surface area contributed by atoms with E-state index in [-0.39, 0.29) is 24.1 Å². The monoisotopic (exact) mass is 330 g/mol. The number of phenolic OH excluding ortho intramolecular Hbond substituents is 1. The number of fused-ring (bicyclic) bond motifs is 1. The van der Waals surface area contributed by atoms with Crippen molar-refractivity contribution in [2.45, 2.75) is 12.3 Å². The number of hydrogen-bond acceptors (Lipinski definition) is 6. The fraction of sp³-hybridized carbons (Fsp3) is 0.278. The lowest BCUT2D eigenvalue weighted by Crippen LogP contribution is -2.21. The maximum atomic E-state index is 12.0. The molecule has 126 valence electrons. The third-order valence-electron chi connectivity index (χ3n) is 4.06. The largest absolute Gasteiger partial charge is 0.508 e. The topological polar surface area (TPSA) is 74.2 Å². The van der Waals surface area contributed by atoms with Crippen LogP contribution >= 0.6 is 0 Å². The minimum Gasteiger partial charge on any atom is -0.508 e. The maximum absolute atomic E-state index is 12.0. The number of rotatable bonds is 4. The second-order valence-electron chi connectivity index (χ2n) is 5.41. The zero-order valence-corrected chi connectivity index (χ0v) is 13.7. The van der Waals surface area contributed by atoms with Gasteiger partial charge in [0.05, 0.1) is 27.8 Å². The van der Waals surface area contributed by atoms with Crippen LogP contribution in [-0.4, -0.2) is 32.4 Å². The molecule has 0 saturated carbocycles. The van der Waals surface area contributed by atoms with Crippen LogP contribution in [0.15, 0.2) is 30.3 Å². The molecule has 0 bridgehead atoms. The summed E-state index contributed by atoms with van der Waals surface area (Å²) in [6.07, 6.45) is 0.191. The van der Waals surface area contributed by atoms with Crippen LogP contribution in [0.5, 0.6) is 28.7 Å². The van der Waals surface area contributed by atoms with Crippen LogP contribution in [-0.2, 0) is 4.79 Å². The molecule has 2 aromatic carbocycles. The van der Waals surface area contributed by atoms with Crippen LogP contribution in [0.25, 0.3) is 0 Å². The van der Waals surface area contributed by atoms with Crippen molar-refractivity contribution in [1.82, 2.24) is 0 Å². The van der Waals surface area contributed by atoms with Crippen molar-refractivity contribution >= 4 is 5.97 Å². The fourth-order valence-corrected chi connectivity index (χ4v) is 2.94. The lowest BCUT2D eigenvalue weighted by atomic mass is 9.86. The highest BCUT2D eigenvalue weighted by molar-refractivity contribution is 5.78. The van der Waals surface area contributed by atoms with E-state index >= 15 is 0 Å². The quantitative estimate of drug-likeness (QED) is 0.686. The first kappa shape index (κ1) is 16.0. The van der Waals surface area contributed by atoms with E-state index in [4.69, 9.17) is 18.9 Å². The molecule has 1 heterocycles. The Balaban J connectivity index is 2.14. The first-order valence-electron chi connectivity index (χ1n) is 7.40. The van der Waals surface area contributed by atoms with Gasteiger partial charge < -0.3 is 24.1 Å². The minimum absolute atomic E-state index is 0.0482. The molecule has 6 heteroatoms. The van der Waals surface area contributed by atoms with Gasteiger partial charge in [0.2, 0.25) is 5.75 Å². The molecule has 0 unspecified atom stereocenters. The lowest BCUT2D eigenvalue weighted by molar-refractivity contribution is -0.135. The van der Waals surface area contributed by atoms with Gasteiger partial charge in [-0.3, -0.25) is 4.79 Å². The summed E-state index contributed by atoms with van der Waals surface area (Å²) < 4.78 is 21.3. The van der Waals surface area contributed by atoms with Gasteiger partial charge in [0.15, 0.2) is 11.5 Å². The molecule has 1 N–H and O–H groups in total. The first-order valence-corrected chi connectivity index (χ1v) is 7.40. The van der Waals surface area contributed by atoms with Crippen molar-refractivity contribution in [1.29, 1.82) is 0 Å². The predicted octanol–water partition coefficient (Wildman–Crippen LogP) is 2.86. The average molecular weight is 330 g/mol. The summed E-state index contributed by atoms with van der Waals surface area (Å²) in [5.41, 5.74) is 1.66. The number of esters is 1. The summed E-state index contributed by atoms with van der Waals surface area (Å²) in [4.78, 5) is 12.0. The molecule has 3 rings (SSSR count). The van der Waals surface area contributed by atoms with E-state index in [2.05, 4.69) is 0 Å². The number of benzene rings is 2. The van der Waals surface area contributed by atoms with Crippen molar-refractivity contribution in [2.24, 2.45) is 0 Å². The molecule has 1 aliphatic rings. The van der Waals surface area contributed by atoms with Crippen LogP contribution in [0.2, 0.25) is 0 Å². The smallest absolute Gasteiger partial charge is 0.312 e. The molecule has 1 aliphatic heterocycles. The Morgan fingerprint density at radius 2 is 1.71 bits per heavy atom. The van der Waals surface area contributed by atoms with E-state index < -0.39 is 0 Å². The van der Waals surface area contributed by atoms with Gasteiger partial charge in [-0.15, -0.1) is 0 Å². The van der Waals surface area contributed by atoms with Gasteiger partial charge in [-0.2, -0.15) is 0 Å². The third-order valence-corrected chi connectivity index (χ3v) is 4.06. The summed E-state index contributed by atoms with van der Waals surface area (Å²) in [5.74, 6) is 1.37. The maximum Gasteiger partial charge on any atom is 0.312 e. The summed E-state index contributed by atoms with van der Waals surface area (Å²) in [5, 5.41) is 9.62. The predicted molar refractivity (Wildman–Crippen MR) is 86.3 cm³/mol. The molecule has 0 radical (unpaired) electrons. The number of carbonyl (C=O) groups excluding carboxylic acids is 1. The van der Waals surface area contributed by atoms with Gasteiger partial charge in [0.25, 0.3) is 0 Å². The van der Waals surface area contributed by atoms with E-state index in [1.165, 1.54) is 13.2 Å². The Morgan fingerprint density at radius 3 is 2.29 bits per heavy atom. The highest BCUT2D eigenvalue weighted by atomic mass is 16.5.